The summed E-state index contributed by atoms with van der Waals surface area (Å²) in [5.74, 6) is -0.00686. The summed E-state index contributed by atoms with van der Waals surface area (Å²) >= 11 is 0. The fourth-order valence-electron chi connectivity index (χ4n) is 5.08. The van der Waals surface area contributed by atoms with Gasteiger partial charge in [-0.25, -0.2) is 22.3 Å². The molecular weight excluding hydrogens is 432 g/mol. The Morgan fingerprint density at radius 3 is 2.34 bits per heavy atom. The van der Waals surface area contributed by atoms with E-state index in [1.54, 1.807) is 12.1 Å². The monoisotopic (exact) mass is 463 g/mol. The van der Waals surface area contributed by atoms with Gasteiger partial charge in [-0.15, -0.1) is 0 Å². The van der Waals surface area contributed by atoms with Crippen LogP contribution in [0.1, 0.15) is 37.3 Å². The Balaban J connectivity index is 1.50. The van der Waals surface area contributed by atoms with Gasteiger partial charge in [0.05, 0.1) is 10.9 Å². The highest BCUT2D eigenvalue weighted by Crippen LogP contribution is 2.36. The van der Waals surface area contributed by atoms with Crippen molar-refractivity contribution in [3.05, 3.63) is 60.2 Å². The molecule has 1 saturated heterocycles. The van der Waals surface area contributed by atoms with E-state index in [1.165, 1.54) is 11.6 Å². The van der Waals surface area contributed by atoms with Crippen molar-refractivity contribution in [2.45, 2.75) is 43.0 Å². The summed E-state index contributed by atoms with van der Waals surface area (Å²) in [5.41, 5.74) is 2.05. The van der Waals surface area contributed by atoms with E-state index in [-0.39, 0.29) is 10.9 Å². The Morgan fingerprint density at radius 2 is 1.69 bits per heavy atom. The van der Waals surface area contributed by atoms with Gasteiger partial charge in [0.15, 0.2) is 0 Å². The number of hydrogen-bond acceptors (Lipinski definition) is 4. The molecule has 1 aliphatic heterocycles. The number of primary sulfonamides is 1. The molecule has 1 atom stereocenters. The van der Waals surface area contributed by atoms with Crippen molar-refractivity contribution in [2.75, 3.05) is 31.1 Å². The molecule has 174 valence electrons. The number of rotatable bonds is 6. The molecule has 4 rings (SSSR count). The zero-order chi connectivity index (χ0) is 22.7. The van der Waals surface area contributed by atoms with Crippen LogP contribution in [0.4, 0.5) is 14.5 Å². The number of hydrogen-bond donors (Lipinski definition) is 1. The number of sulfonamides is 1. The number of alkyl halides is 2. The largest absolute Gasteiger partial charge is 0.368 e. The minimum atomic E-state index is -3.76. The molecule has 0 bridgehead atoms. The predicted octanol–water partition coefficient (Wildman–Crippen LogP) is 4.27. The molecule has 0 spiro atoms. The normalized spacial score (nSPS) is 25.2. The van der Waals surface area contributed by atoms with E-state index in [9.17, 15) is 17.2 Å². The van der Waals surface area contributed by atoms with Crippen LogP contribution in [-0.4, -0.2) is 45.9 Å². The van der Waals surface area contributed by atoms with Gasteiger partial charge in [-0.1, -0.05) is 36.4 Å². The van der Waals surface area contributed by atoms with Crippen LogP contribution in [-0.2, 0) is 10.0 Å². The van der Waals surface area contributed by atoms with Gasteiger partial charge in [-0.05, 0) is 55.4 Å². The average Bonchev–Trinajstić information content (AvgIpc) is 2.80. The lowest BCUT2D eigenvalue weighted by Crippen LogP contribution is -2.50. The molecule has 2 aromatic rings. The second-order valence-corrected chi connectivity index (χ2v) is 10.6. The van der Waals surface area contributed by atoms with Crippen molar-refractivity contribution in [1.29, 1.82) is 0 Å². The van der Waals surface area contributed by atoms with E-state index < -0.39 is 22.4 Å². The smallest absolute Gasteiger partial charge is 0.241 e. The lowest BCUT2D eigenvalue weighted by Gasteiger charge is -2.44. The van der Waals surface area contributed by atoms with Crippen molar-refractivity contribution in [3.63, 3.8) is 0 Å². The highest BCUT2D eigenvalue weighted by Gasteiger charge is 2.33. The summed E-state index contributed by atoms with van der Waals surface area (Å²) in [6.07, 6.45) is 0.724. The van der Waals surface area contributed by atoms with Gasteiger partial charge >= 0.3 is 0 Å². The lowest BCUT2D eigenvalue weighted by molar-refractivity contribution is 0.0378. The van der Waals surface area contributed by atoms with Gasteiger partial charge in [-0.3, -0.25) is 4.90 Å². The molecule has 2 aromatic carbocycles. The van der Waals surface area contributed by atoms with Crippen LogP contribution in [0.25, 0.3) is 0 Å². The summed E-state index contributed by atoms with van der Waals surface area (Å²) in [6.45, 7) is 3.22. The number of nitrogens with two attached hydrogens (primary N) is 1. The fraction of sp³-hybridized carbons (Fsp3) is 0.500. The quantitative estimate of drug-likeness (QED) is 0.695. The van der Waals surface area contributed by atoms with Crippen molar-refractivity contribution in [1.82, 2.24) is 4.90 Å². The van der Waals surface area contributed by atoms with E-state index in [4.69, 9.17) is 5.14 Å². The molecule has 2 fully saturated rings. The molecule has 1 aliphatic carbocycles. The molecule has 0 aromatic heterocycles. The van der Waals surface area contributed by atoms with E-state index in [0.717, 1.165) is 44.7 Å². The first-order chi connectivity index (χ1) is 15.3. The van der Waals surface area contributed by atoms with Crippen molar-refractivity contribution in [3.8, 4) is 0 Å². The first kappa shape index (κ1) is 23.1. The Kier molecular flexibility index (Phi) is 7.12. The lowest BCUT2D eigenvalue weighted by atomic mass is 9.81. The topological polar surface area (TPSA) is 66.6 Å². The summed E-state index contributed by atoms with van der Waals surface area (Å²) in [6, 6.07) is 17.2. The van der Waals surface area contributed by atoms with Crippen LogP contribution < -0.4 is 10.0 Å². The Morgan fingerprint density at radius 1 is 0.969 bits per heavy atom. The molecule has 0 unspecified atom stereocenters. The average molecular weight is 464 g/mol. The SMILES string of the molecule is NS(=O)(=O)c1cccc(N2CCN(CC3CCC(C(F)F)CC3)[C@@H](c3ccccc3)C2)c1. The minimum Gasteiger partial charge on any atom is -0.368 e. The number of nitrogens with zero attached hydrogens (tertiary/aromatic N) is 2. The third-order valence-electron chi connectivity index (χ3n) is 6.93. The highest BCUT2D eigenvalue weighted by molar-refractivity contribution is 7.89. The Bertz CT molecular complexity index is 995. The minimum absolute atomic E-state index is 0.115. The van der Waals surface area contributed by atoms with Crippen LogP contribution in [0, 0.1) is 11.8 Å². The molecular formula is C24H31F2N3O2S. The van der Waals surface area contributed by atoms with Crippen LogP contribution in [0.3, 0.4) is 0 Å². The number of piperazine rings is 1. The van der Waals surface area contributed by atoms with E-state index in [2.05, 4.69) is 21.9 Å². The van der Waals surface area contributed by atoms with Gasteiger partial charge in [0.1, 0.15) is 0 Å². The van der Waals surface area contributed by atoms with E-state index >= 15 is 0 Å². The molecule has 8 heteroatoms. The van der Waals surface area contributed by atoms with Gasteiger partial charge < -0.3 is 4.90 Å². The first-order valence-corrected chi connectivity index (χ1v) is 12.8. The Labute approximate surface area is 189 Å². The second-order valence-electron chi connectivity index (χ2n) is 9.03. The van der Waals surface area contributed by atoms with Gasteiger partial charge in [0, 0.05) is 37.8 Å². The third-order valence-corrected chi connectivity index (χ3v) is 7.84. The molecule has 2 aliphatic rings. The number of halogens is 2. The van der Waals surface area contributed by atoms with Gasteiger partial charge in [0.25, 0.3) is 0 Å². The maximum absolute atomic E-state index is 13.0. The Hall–Kier alpha value is -2.03. The zero-order valence-electron chi connectivity index (χ0n) is 18.1. The highest BCUT2D eigenvalue weighted by atomic mass is 32.2. The second kappa shape index (κ2) is 9.85. The van der Waals surface area contributed by atoms with Gasteiger partial charge in [0.2, 0.25) is 16.4 Å². The molecule has 0 amide bonds. The molecule has 2 N–H and O–H groups in total. The zero-order valence-corrected chi connectivity index (χ0v) is 18.9. The van der Waals surface area contributed by atoms with Crippen LogP contribution >= 0.6 is 0 Å². The summed E-state index contributed by atoms with van der Waals surface area (Å²) in [4.78, 5) is 4.80. The predicted molar refractivity (Wildman–Crippen MR) is 122 cm³/mol. The molecule has 1 heterocycles. The summed E-state index contributed by atoms with van der Waals surface area (Å²) in [5, 5.41) is 5.33. The number of benzene rings is 2. The standard InChI is InChI=1S/C24H31F2N3O2S/c25-24(26)20-11-9-18(10-12-20)16-29-14-13-28(17-23(29)19-5-2-1-3-6-19)21-7-4-8-22(15-21)32(27,30)31/h1-8,15,18,20,23-24H,9-14,16-17H2,(H2,27,30,31)/t18?,20?,23-/m1/s1. The molecule has 5 nitrogen and oxygen atoms in total. The maximum Gasteiger partial charge on any atom is 0.241 e. The summed E-state index contributed by atoms with van der Waals surface area (Å²) in [7, 11) is -3.76. The van der Waals surface area contributed by atoms with E-state index in [0.29, 0.717) is 18.8 Å². The molecule has 1 saturated carbocycles. The van der Waals surface area contributed by atoms with Crippen molar-refractivity contribution in [2.24, 2.45) is 17.0 Å². The van der Waals surface area contributed by atoms with Crippen LogP contribution in [0.15, 0.2) is 59.5 Å². The van der Waals surface area contributed by atoms with Crippen LogP contribution in [0.2, 0.25) is 0 Å². The molecule has 0 radical (unpaired) electrons. The van der Waals surface area contributed by atoms with Crippen molar-refractivity contribution < 1.29 is 17.2 Å². The first-order valence-electron chi connectivity index (χ1n) is 11.3. The fourth-order valence-corrected chi connectivity index (χ4v) is 5.63. The summed E-state index contributed by atoms with van der Waals surface area (Å²) < 4.78 is 49.7. The van der Waals surface area contributed by atoms with Crippen molar-refractivity contribution >= 4 is 15.7 Å². The van der Waals surface area contributed by atoms with Crippen LogP contribution in [0.5, 0.6) is 0 Å². The number of anilines is 1. The molecule has 32 heavy (non-hydrogen) atoms. The maximum atomic E-state index is 13.0. The van der Waals surface area contributed by atoms with Gasteiger partial charge in [-0.2, -0.15) is 0 Å². The van der Waals surface area contributed by atoms with E-state index in [1.807, 2.05) is 24.3 Å². The third kappa shape index (κ3) is 5.47.